The Morgan fingerprint density at radius 2 is 1.91 bits per heavy atom. The highest BCUT2D eigenvalue weighted by atomic mass is 31.2. The average Bonchev–Trinajstić information content (AvgIpc) is 3.23. The third-order valence-electron chi connectivity index (χ3n) is 4.96. The fourth-order valence-electron chi connectivity index (χ4n) is 3.30. The molecule has 3 N–H and O–H groups in total. The summed E-state index contributed by atoms with van der Waals surface area (Å²) in [6.45, 7) is 0.0164. The van der Waals surface area contributed by atoms with Gasteiger partial charge in [-0.25, -0.2) is 4.57 Å². The zero-order valence-electron chi connectivity index (χ0n) is 17.4. The minimum atomic E-state index is -4.88. The monoisotopic (exact) mass is 468 g/mol. The molecular formula is C22H21N4O6P. The first-order valence-electron chi connectivity index (χ1n) is 9.94. The van der Waals surface area contributed by atoms with Crippen LogP contribution < -0.4 is 20.8 Å². The van der Waals surface area contributed by atoms with Crippen LogP contribution in [0.25, 0.3) is 11.3 Å². The highest BCUT2D eigenvalue weighted by Crippen LogP contribution is 2.30. The van der Waals surface area contributed by atoms with Crippen LogP contribution in [0.1, 0.15) is 16.8 Å². The smallest absolute Gasteiger partial charge is 0.285 e. The SMILES string of the molecule is Nc1c(-c2cc(Cc3ccc(Cn4ccccc4=O)cc3)no2)ccc[n+]1COP(=O)([O-])O. The molecule has 0 aliphatic carbocycles. The van der Waals surface area contributed by atoms with Crippen LogP contribution in [0.2, 0.25) is 0 Å². The Kier molecular flexibility index (Phi) is 6.52. The number of aromatic nitrogens is 3. The first-order chi connectivity index (χ1) is 15.8. The van der Waals surface area contributed by atoms with Gasteiger partial charge < -0.3 is 18.9 Å². The summed E-state index contributed by atoms with van der Waals surface area (Å²) in [6.07, 6.45) is 3.78. The predicted octanol–water partition coefficient (Wildman–Crippen LogP) is 1.45. The molecule has 0 amide bonds. The largest absolute Gasteiger partial charge is 0.756 e. The molecular weight excluding hydrogens is 447 g/mol. The number of nitrogens with zero attached hydrogens (tertiary/aromatic N) is 3. The number of benzene rings is 1. The second-order valence-corrected chi connectivity index (χ2v) is 8.54. The fraction of sp³-hybridized carbons (Fsp3) is 0.136. The molecule has 1 unspecified atom stereocenters. The Bertz CT molecular complexity index is 1360. The maximum atomic E-state index is 11.9. The van der Waals surface area contributed by atoms with Gasteiger partial charge in [0.1, 0.15) is 5.56 Å². The van der Waals surface area contributed by atoms with Gasteiger partial charge in [-0.1, -0.05) is 35.5 Å². The van der Waals surface area contributed by atoms with E-state index in [-0.39, 0.29) is 11.4 Å². The lowest BCUT2D eigenvalue weighted by atomic mass is 10.1. The molecule has 0 radical (unpaired) electrons. The summed E-state index contributed by atoms with van der Waals surface area (Å²) < 4.78 is 23.6. The van der Waals surface area contributed by atoms with Gasteiger partial charge in [0.2, 0.25) is 0 Å². The lowest BCUT2D eigenvalue weighted by molar-refractivity contribution is -0.712. The lowest BCUT2D eigenvalue weighted by Crippen LogP contribution is -2.38. The van der Waals surface area contributed by atoms with Crippen molar-refractivity contribution in [2.24, 2.45) is 0 Å². The Hall–Kier alpha value is -3.56. The lowest BCUT2D eigenvalue weighted by Gasteiger charge is -2.14. The van der Waals surface area contributed by atoms with Gasteiger partial charge in [0.05, 0.1) is 18.4 Å². The summed E-state index contributed by atoms with van der Waals surface area (Å²) in [5.74, 6) is 0.598. The molecule has 0 saturated heterocycles. The first-order valence-corrected chi connectivity index (χ1v) is 11.4. The number of pyridine rings is 2. The van der Waals surface area contributed by atoms with Crippen molar-refractivity contribution >= 4 is 13.6 Å². The highest BCUT2D eigenvalue weighted by molar-refractivity contribution is 7.44. The van der Waals surface area contributed by atoms with E-state index in [1.165, 1.54) is 16.8 Å². The van der Waals surface area contributed by atoms with Crippen molar-refractivity contribution in [2.45, 2.75) is 19.7 Å². The average molecular weight is 468 g/mol. The molecule has 11 heteroatoms. The molecule has 0 aliphatic rings. The normalized spacial score (nSPS) is 13.0. The van der Waals surface area contributed by atoms with Crippen molar-refractivity contribution in [1.82, 2.24) is 9.72 Å². The fourth-order valence-corrected chi connectivity index (χ4v) is 3.57. The van der Waals surface area contributed by atoms with Crippen LogP contribution in [0.5, 0.6) is 0 Å². The van der Waals surface area contributed by atoms with E-state index in [0.29, 0.717) is 30.0 Å². The molecule has 4 aromatic rings. The summed E-state index contributed by atoms with van der Waals surface area (Å²) >= 11 is 0. The van der Waals surface area contributed by atoms with E-state index in [1.807, 2.05) is 30.3 Å². The first kappa shape index (κ1) is 22.6. The molecule has 0 saturated carbocycles. The van der Waals surface area contributed by atoms with Crippen molar-refractivity contribution in [3.63, 3.8) is 0 Å². The third-order valence-corrected chi connectivity index (χ3v) is 5.40. The van der Waals surface area contributed by atoms with E-state index in [1.54, 1.807) is 35.0 Å². The van der Waals surface area contributed by atoms with Gasteiger partial charge >= 0.3 is 0 Å². The van der Waals surface area contributed by atoms with Crippen LogP contribution in [0.4, 0.5) is 5.82 Å². The summed E-state index contributed by atoms with van der Waals surface area (Å²) in [5.41, 5.74) is 9.24. The number of hydrogen-bond donors (Lipinski definition) is 2. The molecule has 3 heterocycles. The van der Waals surface area contributed by atoms with Gasteiger partial charge in [0.25, 0.3) is 19.2 Å². The van der Waals surface area contributed by atoms with Crippen LogP contribution in [0.3, 0.4) is 0 Å². The van der Waals surface area contributed by atoms with E-state index >= 15 is 0 Å². The van der Waals surface area contributed by atoms with Gasteiger partial charge in [0, 0.05) is 24.8 Å². The molecule has 170 valence electrons. The molecule has 1 aromatic carbocycles. The molecule has 4 rings (SSSR count). The van der Waals surface area contributed by atoms with Gasteiger partial charge in [-0.15, -0.1) is 0 Å². The standard InChI is InChI=1S/C22H21N4O6P/c23-22-19(4-3-11-26(22)15-31-33(28,29)30)20-13-18(24-32-20)12-16-6-8-17(9-7-16)14-25-10-2-1-5-21(25)27/h1-11,13,23H,12,14-15H2,(H2,28,29,30). The van der Waals surface area contributed by atoms with E-state index in [9.17, 15) is 14.3 Å². The van der Waals surface area contributed by atoms with Crippen molar-refractivity contribution < 1.29 is 28.0 Å². The quantitative estimate of drug-likeness (QED) is 0.292. The van der Waals surface area contributed by atoms with Gasteiger partial charge in [0.15, 0.2) is 12.5 Å². The van der Waals surface area contributed by atoms with Crippen molar-refractivity contribution in [2.75, 3.05) is 5.73 Å². The minimum Gasteiger partial charge on any atom is -0.756 e. The van der Waals surface area contributed by atoms with Crippen LogP contribution in [0.15, 0.2) is 82.4 Å². The summed E-state index contributed by atoms with van der Waals surface area (Å²) in [7, 11) is -4.88. The number of phosphoric acid groups is 1. The van der Waals surface area contributed by atoms with Crippen LogP contribution in [-0.2, 0) is 28.8 Å². The van der Waals surface area contributed by atoms with E-state index in [2.05, 4.69) is 9.68 Å². The Morgan fingerprint density at radius 3 is 2.64 bits per heavy atom. The molecule has 10 nitrogen and oxygen atoms in total. The Balaban J connectivity index is 1.45. The van der Waals surface area contributed by atoms with Gasteiger partial charge in [-0.2, -0.15) is 0 Å². The predicted molar refractivity (Wildman–Crippen MR) is 117 cm³/mol. The maximum Gasteiger partial charge on any atom is 0.285 e. The van der Waals surface area contributed by atoms with Gasteiger partial charge in [-0.3, -0.25) is 19.6 Å². The topological polar surface area (TPSA) is 148 Å². The molecule has 1 atom stereocenters. The third kappa shape index (κ3) is 5.82. The second kappa shape index (κ2) is 9.51. The Morgan fingerprint density at radius 1 is 1.15 bits per heavy atom. The molecule has 3 aromatic heterocycles. The van der Waals surface area contributed by atoms with E-state index in [0.717, 1.165) is 11.1 Å². The Labute approximate surface area is 188 Å². The molecule has 0 spiro atoms. The molecule has 0 aliphatic heterocycles. The maximum absolute atomic E-state index is 11.9. The summed E-state index contributed by atoms with van der Waals surface area (Å²) in [4.78, 5) is 31.5. The number of phosphoric ester groups is 1. The number of nitrogens with two attached hydrogens (primary N) is 1. The number of nitrogen functional groups attached to an aromatic ring is 1. The van der Waals surface area contributed by atoms with E-state index < -0.39 is 14.6 Å². The zero-order valence-corrected chi connectivity index (χ0v) is 18.3. The van der Waals surface area contributed by atoms with Crippen LogP contribution in [0, 0.1) is 0 Å². The minimum absolute atomic E-state index is 0.0526. The van der Waals surface area contributed by atoms with Crippen molar-refractivity contribution in [3.8, 4) is 11.3 Å². The number of anilines is 1. The van der Waals surface area contributed by atoms with Crippen LogP contribution >= 0.6 is 7.82 Å². The van der Waals surface area contributed by atoms with Gasteiger partial charge in [-0.05, 0) is 29.3 Å². The summed E-state index contributed by atoms with van der Waals surface area (Å²) in [5, 5.41) is 4.09. The van der Waals surface area contributed by atoms with Crippen LogP contribution in [-0.4, -0.2) is 14.6 Å². The number of hydrogen-bond acceptors (Lipinski definition) is 7. The molecule has 0 bridgehead atoms. The van der Waals surface area contributed by atoms with Crippen molar-refractivity contribution in [3.05, 3.63) is 100 Å². The molecule has 0 fully saturated rings. The number of rotatable bonds is 8. The second-order valence-electron chi connectivity index (χ2n) is 7.35. The molecule has 33 heavy (non-hydrogen) atoms. The highest BCUT2D eigenvalue weighted by Gasteiger charge is 2.18. The van der Waals surface area contributed by atoms with Crippen molar-refractivity contribution in [1.29, 1.82) is 0 Å². The summed E-state index contributed by atoms with van der Waals surface area (Å²) in [6, 6.07) is 18.0. The zero-order chi connectivity index (χ0) is 23.4. The van der Waals surface area contributed by atoms with E-state index in [4.69, 9.17) is 15.2 Å².